The van der Waals surface area contributed by atoms with E-state index >= 15 is 0 Å². The van der Waals surface area contributed by atoms with Crippen molar-refractivity contribution >= 4 is 38.9 Å². The van der Waals surface area contributed by atoms with E-state index in [0.717, 1.165) is 5.56 Å². The van der Waals surface area contributed by atoms with Gasteiger partial charge in [-0.25, -0.2) is 8.42 Å². The average Bonchev–Trinajstić information content (AvgIpc) is 2.69. The second kappa shape index (κ2) is 8.55. The predicted octanol–water partition coefficient (Wildman–Crippen LogP) is 4.71. The molecule has 0 heterocycles. The Morgan fingerprint density at radius 3 is 2.38 bits per heavy atom. The van der Waals surface area contributed by atoms with E-state index in [2.05, 4.69) is 10.0 Å². The maximum Gasteiger partial charge on any atom is 0.261 e. The number of carbonyl (C=O) groups is 1. The van der Waals surface area contributed by atoms with Crippen LogP contribution in [0.5, 0.6) is 5.75 Å². The maximum atomic E-state index is 12.8. The molecule has 6 nitrogen and oxygen atoms in total. The van der Waals surface area contributed by atoms with E-state index in [4.69, 9.17) is 16.3 Å². The highest BCUT2D eigenvalue weighted by Crippen LogP contribution is 2.29. The largest absolute Gasteiger partial charge is 0.495 e. The standard InChI is InChI=1S/C21H19ClN2O4S/c1-14-6-8-17(9-7-14)24-29(26,27)18-10-11-20(28-2)19(13-18)23-21(25)15-4-3-5-16(22)12-15/h3-13,24H,1-2H3,(H,23,25). The number of amides is 1. The van der Waals surface area contributed by atoms with Gasteiger partial charge in [-0.15, -0.1) is 0 Å². The Morgan fingerprint density at radius 1 is 1.00 bits per heavy atom. The van der Waals surface area contributed by atoms with Crippen LogP contribution < -0.4 is 14.8 Å². The monoisotopic (exact) mass is 430 g/mol. The van der Waals surface area contributed by atoms with Crippen molar-refractivity contribution in [3.8, 4) is 5.75 Å². The van der Waals surface area contributed by atoms with Gasteiger partial charge in [0.1, 0.15) is 5.75 Å². The molecule has 0 aliphatic carbocycles. The van der Waals surface area contributed by atoms with E-state index < -0.39 is 15.9 Å². The molecular formula is C21H19ClN2O4S. The van der Waals surface area contributed by atoms with Crippen molar-refractivity contribution in [3.63, 3.8) is 0 Å². The lowest BCUT2D eigenvalue weighted by molar-refractivity contribution is 0.102. The number of aryl methyl sites for hydroxylation is 1. The summed E-state index contributed by atoms with van der Waals surface area (Å²) in [5, 5.41) is 3.09. The number of ether oxygens (including phenoxy) is 1. The summed E-state index contributed by atoms with van der Waals surface area (Å²) in [7, 11) is -2.43. The fraction of sp³-hybridized carbons (Fsp3) is 0.0952. The number of nitrogens with one attached hydrogen (secondary N) is 2. The molecule has 3 rings (SSSR count). The van der Waals surface area contributed by atoms with Crippen molar-refractivity contribution in [3.05, 3.63) is 82.9 Å². The number of hydrogen-bond acceptors (Lipinski definition) is 4. The van der Waals surface area contributed by atoms with Crippen molar-refractivity contribution in [2.75, 3.05) is 17.1 Å². The smallest absolute Gasteiger partial charge is 0.261 e. The Morgan fingerprint density at radius 2 is 1.72 bits per heavy atom. The van der Waals surface area contributed by atoms with Crippen LogP contribution >= 0.6 is 11.6 Å². The molecule has 0 spiro atoms. The first kappa shape index (κ1) is 20.7. The maximum absolute atomic E-state index is 12.8. The van der Waals surface area contributed by atoms with Crippen molar-refractivity contribution in [2.45, 2.75) is 11.8 Å². The molecule has 2 N–H and O–H groups in total. The first-order valence-electron chi connectivity index (χ1n) is 8.63. The van der Waals surface area contributed by atoms with Crippen LogP contribution in [0.2, 0.25) is 5.02 Å². The Hall–Kier alpha value is -3.03. The Labute approximate surface area is 174 Å². The number of halogens is 1. The fourth-order valence-electron chi connectivity index (χ4n) is 2.61. The van der Waals surface area contributed by atoms with Crippen LogP contribution in [-0.4, -0.2) is 21.4 Å². The quantitative estimate of drug-likeness (QED) is 0.593. The van der Waals surface area contributed by atoms with Gasteiger partial charge in [-0.05, 0) is 55.5 Å². The molecule has 8 heteroatoms. The summed E-state index contributed by atoms with van der Waals surface area (Å²) in [4.78, 5) is 12.5. The third-order valence-corrected chi connectivity index (χ3v) is 5.73. The normalized spacial score (nSPS) is 11.0. The van der Waals surface area contributed by atoms with E-state index in [1.54, 1.807) is 30.3 Å². The van der Waals surface area contributed by atoms with Gasteiger partial charge in [-0.3, -0.25) is 9.52 Å². The average molecular weight is 431 g/mol. The van der Waals surface area contributed by atoms with Crippen LogP contribution in [-0.2, 0) is 10.0 Å². The summed E-state index contributed by atoms with van der Waals surface area (Å²) in [5.74, 6) is -0.110. The minimum absolute atomic E-state index is 0.0136. The number of sulfonamides is 1. The van der Waals surface area contributed by atoms with Crippen molar-refractivity contribution in [1.29, 1.82) is 0 Å². The molecule has 0 saturated heterocycles. The molecule has 3 aromatic rings. The third-order valence-electron chi connectivity index (χ3n) is 4.12. The van der Waals surface area contributed by atoms with Gasteiger partial charge in [0.05, 0.1) is 17.7 Å². The van der Waals surface area contributed by atoms with Crippen molar-refractivity contribution in [2.24, 2.45) is 0 Å². The molecule has 150 valence electrons. The summed E-state index contributed by atoms with van der Waals surface area (Å²) in [6.07, 6.45) is 0. The minimum atomic E-state index is -3.86. The van der Waals surface area contributed by atoms with E-state index in [0.29, 0.717) is 22.0 Å². The molecule has 0 aliphatic rings. The Balaban J connectivity index is 1.89. The first-order valence-corrected chi connectivity index (χ1v) is 10.5. The van der Waals surface area contributed by atoms with Gasteiger partial charge < -0.3 is 10.1 Å². The lowest BCUT2D eigenvalue weighted by Crippen LogP contribution is -2.15. The summed E-state index contributed by atoms with van der Waals surface area (Å²) in [5.41, 5.74) is 2.02. The molecule has 3 aromatic carbocycles. The van der Waals surface area contributed by atoms with E-state index in [-0.39, 0.29) is 10.6 Å². The zero-order chi connectivity index (χ0) is 21.0. The van der Waals surface area contributed by atoms with Crippen LogP contribution in [0.25, 0.3) is 0 Å². The van der Waals surface area contributed by atoms with Gasteiger partial charge >= 0.3 is 0 Å². The highest BCUT2D eigenvalue weighted by atomic mass is 35.5. The van der Waals surface area contributed by atoms with Crippen LogP contribution in [0.1, 0.15) is 15.9 Å². The summed E-state index contributed by atoms with van der Waals surface area (Å²) in [6, 6.07) is 17.6. The molecule has 0 radical (unpaired) electrons. The molecule has 1 amide bonds. The van der Waals surface area contributed by atoms with Crippen LogP contribution in [0.3, 0.4) is 0 Å². The molecule has 0 saturated carbocycles. The second-order valence-corrected chi connectivity index (χ2v) is 8.42. The number of methoxy groups -OCH3 is 1. The number of benzene rings is 3. The van der Waals surface area contributed by atoms with E-state index in [1.165, 1.54) is 31.4 Å². The lowest BCUT2D eigenvalue weighted by atomic mass is 10.2. The molecule has 29 heavy (non-hydrogen) atoms. The van der Waals surface area contributed by atoms with Crippen LogP contribution in [0.4, 0.5) is 11.4 Å². The number of hydrogen-bond donors (Lipinski definition) is 2. The third kappa shape index (κ3) is 5.07. The molecule has 0 bridgehead atoms. The molecular weight excluding hydrogens is 412 g/mol. The van der Waals surface area contributed by atoms with Crippen molar-refractivity contribution < 1.29 is 17.9 Å². The minimum Gasteiger partial charge on any atom is -0.495 e. The van der Waals surface area contributed by atoms with E-state index in [9.17, 15) is 13.2 Å². The summed E-state index contributed by atoms with van der Waals surface area (Å²) >= 11 is 5.93. The summed E-state index contributed by atoms with van der Waals surface area (Å²) in [6.45, 7) is 1.91. The molecule has 0 unspecified atom stereocenters. The SMILES string of the molecule is COc1ccc(S(=O)(=O)Nc2ccc(C)cc2)cc1NC(=O)c1cccc(Cl)c1. The van der Waals surface area contributed by atoms with Crippen LogP contribution in [0, 0.1) is 6.92 Å². The fourth-order valence-corrected chi connectivity index (χ4v) is 3.89. The number of carbonyl (C=O) groups excluding carboxylic acids is 1. The molecule has 0 aliphatic heterocycles. The number of anilines is 2. The zero-order valence-electron chi connectivity index (χ0n) is 15.8. The van der Waals surface area contributed by atoms with Gasteiger partial charge in [0.25, 0.3) is 15.9 Å². The van der Waals surface area contributed by atoms with E-state index in [1.807, 2.05) is 19.1 Å². The molecule has 0 fully saturated rings. The van der Waals surface area contributed by atoms with Crippen LogP contribution in [0.15, 0.2) is 71.6 Å². The summed E-state index contributed by atoms with van der Waals surface area (Å²) < 4.78 is 33.3. The Bertz CT molecular complexity index is 1150. The van der Waals surface area contributed by atoms with Gasteiger partial charge in [0.15, 0.2) is 0 Å². The van der Waals surface area contributed by atoms with Gasteiger partial charge in [-0.2, -0.15) is 0 Å². The van der Waals surface area contributed by atoms with Gasteiger partial charge in [0, 0.05) is 16.3 Å². The topological polar surface area (TPSA) is 84.5 Å². The number of rotatable bonds is 6. The lowest BCUT2D eigenvalue weighted by Gasteiger charge is -2.14. The van der Waals surface area contributed by atoms with Gasteiger partial charge in [-0.1, -0.05) is 35.4 Å². The highest BCUT2D eigenvalue weighted by molar-refractivity contribution is 7.92. The second-order valence-electron chi connectivity index (χ2n) is 6.30. The molecule has 0 aromatic heterocycles. The molecule has 0 atom stereocenters. The van der Waals surface area contributed by atoms with Crippen molar-refractivity contribution in [1.82, 2.24) is 0 Å². The zero-order valence-corrected chi connectivity index (χ0v) is 17.3. The predicted molar refractivity (Wildman–Crippen MR) is 114 cm³/mol. The van der Waals surface area contributed by atoms with Gasteiger partial charge in [0.2, 0.25) is 0 Å². The first-order chi connectivity index (χ1) is 13.8. The Kier molecular flexibility index (Phi) is 6.10. The highest BCUT2D eigenvalue weighted by Gasteiger charge is 2.18.